The summed E-state index contributed by atoms with van der Waals surface area (Å²) in [5, 5.41) is 6.09. The van der Waals surface area contributed by atoms with Gasteiger partial charge in [-0.2, -0.15) is 0 Å². The van der Waals surface area contributed by atoms with Crippen LogP contribution < -0.4 is 10.6 Å². The van der Waals surface area contributed by atoms with E-state index in [-0.39, 0.29) is 11.8 Å². The van der Waals surface area contributed by atoms with Crippen LogP contribution in [-0.4, -0.2) is 30.4 Å². The summed E-state index contributed by atoms with van der Waals surface area (Å²) in [6.45, 7) is 0.660. The molecule has 6 heteroatoms. The Kier molecular flexibility index (Phi) is 4.86. The van der Waals surface area contributed by atoms with Gasteiger partial charge in [-0.05, 0) is 42.5 Å². The molecule has 0 bridgehead atoms. The number of hydrogen-bond acceptors (Lipinski definition) is 2. The predicted molar refractivity (Wildman–Crippen MR) is 106 cm³/mol. The molecule has 2 amide bonds. The van der Waals surface area contributed by atoms with Crippen molar-refractivity contribution in [3.05, 3.63) is 70.9 Å². The molecule has 1 fully saturated rings. The lowest BCUT2D eigenvalue weighted by molar-refractivity contribution is 0.0948. The summed E-state index contributed by atoms with van der Waals surface area (Å²) in [6, 6.07) is 11.7. The molecule has 144 valence electrons. The fourth-order valence-electron chi connectivity index (χ4n) is 3.39. The van der Waals surface area contributed by atoms with Crippen molar-refractivity contribution in [1.29, 1.82) is 0 Å². The van der Waals surface area contributed by atoms with Crippen LogP contribution >= 0.6 is 0 Å². The molecule has 28 heavy (non-hydrogen) atoms. The molecule has 1 unspecified atom stereocenters. The van der Waals surface area contributed by atoms with Crippen molar-refractivity contribution < 1.29 is 14.0 Å². The number of carbonyl (C=O) groups excluding carboxylic acids is 2. The van der Waals surface area contributed by atoms with Crippen molar-refractivity contribution in [3.8, 4) is 0 Å². The molecule has 2 aromatic carbocycles. The van der Waals surface area contributed by atoms with Crippen molar-refractivity contribution >= 4 is 22.7 Å². The highest BCUT2D eigenvalue weighted by Crippen LogP contribution is 2.34. The number of aromatic amines is 1. The van der Waals surface area contributed by atoms with Crippen LogP contribution in [0.25, 0.3) is 10.9 Å². The molecular formula is C22H22FN3O2. The standard InChI is InChI=1S/C22H22FN3O2/c1-24-21(27)15-9-7-14(8-10-15)20(23)16-3-2-4-18-19(16)17(12-25-18)22(28)26-11-13-5-6-13/h2-4,7-10,12-13,20,25H,5-6,11H2,1H3,(H,24,27)(H,26,28). The van der Waals surface area contributed by atoms with Crippen LogP contribution in [0, 0.1) is 5.92 Å². The number of halogens is 1. The fourth-order valence-corrected chi connectivity index (χ4v) is 3.39. The lowest BCUT2D eigenvalue weighted by atomic mass is 9.96. The van der Waals surface area contributed by atoms with Gasteiger partial charge in [0.25, 0.3) is 11.8 Å². The number of H-pyrrole nitrogens is 1. The van der Waals surface area contributed by atoms with E-state index in [1.807, 2.05) is 6.07 Å². The average molecular weight is 379 g/mol. The zero-order valence-electron chi connectivity index (χ0n) is 15.6. The Hall–Kier alpha value is -3.15. The molecule has 0 radical (unpaired) electrons. The highest BCUT2D eigenvalue weighted by Gasteiger charge is 2.24. The van der Waals surface area contributed by atoms with Gasteiger partial charge in [0.1, 0.15) is 0 Å². The second kappa shape index (κ2) is 7.46. The smallest absolute Gasteiger partial charge is 0.253 e. The Morgan fingerprint density at radius 1 is 1.14 bits per heavy atom. The summed E-state index contributed by atoms with van der Waals surface area (Å²) in [7, 11) is 1.55. The van der Waals surface area contributed by atoms with Gasteiger partial charge in [0.05, 0.1) is 5.56 Å². The van der Waals surface area contributed by atoms with Crippen LogP contribution in [0.2, 0.25) is 0 Å². The van der Waals surface area contributed by atoms with Gasteiger partial charge in [-0.15, -0.1) is 0 Å². The summed E-state index contributed by atoms with van der Waals surface area (Å²) >= 11 is 0. The van der Waals surface area contributed by atoms with E-state index in [1.165, 1.54) is 0 Å². The molecule has 1 aromatic heterocycles. The SMILES string of the molecule is CNC(=O)c1ccc(C(F)c2cccc3[nH]cc(C(=O)NCC4CC4)c23)cc1. The molecule has 0 spiro atoms. The van der Waals surface area contributed by atoms with Crippen molar-refractivity contribution in [3.63, 3.8) is 0 Å². The van der Waals surface area contributed by atoms with Gasteiger partial charge in [-0.25, -0.2) is 4.39 Å². The first kappa shape index (κ1) is 18.2. The number of hydrogen-bond donors (Lipinski definition) is 3. The zero-order valence-corrected chi connectivity index (χ0v) is 15.6. The minimum atomic E-state index is -1.41. The summed E-state index contributed by atoms with van der Waals surface area (Å²) < 4.78 is 15.4. The monoisotopic (exact) mass is 379 g/mol. The molecule has 1 aliphatic carbocycles. The maximum absolute atomic E-state index is 15.4. The Morgan fingerprint density at radius 2 is 1.89 bits per heavy atom. The number of benzene rings is 2. The second-order valence-corrected chi connectivity index (χ2v) is 7.19. The summed E-state index contributed by atoms with van der Waals surface area (Å²) in [5.41, 5.74) is 2.52. The van der Waals surface area contributed by atoms with Crippen LogP contribution in [0.3, 0.4) is 0 Å². The lowest BCUT2D eigenvalue weighted by Crippen LogP contribution is -2.25. The molecule has 1 heterocycles. The molecular weight excluding hydrogens is 357 g/mol. The predicted octanol–water partition coefficient (Wildman–Crippen LogP) is 3.73. The van der Waals surface area contributed by atoms with E-state index in [4.69, 9.17) is 0 Å². The third-order valence-corrected chi connectivity index (χ3v) is 5.20. The number of amides is 2. The summed E-state index contributed by atoms with van der Waals surface area (Å²) in [6.07, 6.45) is 2.53. The molecule has 1 atom stereocenters. The number of aromatic nitrogens is 1. The van der Waals surface area contributed by atoms with Gasteiger partial charge in [0.2, 0.25) is 0 Å². The first-order valence-corrected chi connectivity index (χ1v) is 9.42. The Morgan fingerprint density at radius 3 is 2.57 bits per heavy atom. The van der Waals surface area contributed by atoms with Crippen LogP contribution in [0.5, 0.6) is 0 Å². The van der Waals surface area contributed by atoms with E-state index in [1.54, 1.807) is 49.6 Å². The number of fused-ring (bicyclic) bond motifs is 1. The van der Waals surface area contributed by atoms with Crippen LogP contribution in [-0.2, 0) is 0 Å². The first-order chi connectivity index (χ1) is 13.6. The summed E-state index contributed by atoms with van der Waals surface area (Å²) in [5.74, 6) is 0.165. The quantitative estimate of drug-likeness (QED) is 0.611. The Bertz CT molecular complexity index is 1020. The van der Waals surface area contributed by atoms with Gasteiger partial charge in [-0.1, -0.05) is 24.3 Å². The van der Waals surface area contributed by atoms with Crippen molar-refractivity contribution in [2.75, 3.05) is 13.6 Å². The van der Waals surface area contributed by atoms with Crippen molar-refractivity contribution in [1.82, 2.24) is 15.6 Å². The number of alkyl halides is 1. The van der Waals surface area contributed by atoms with Crippen LogP contribution in [0.15, 0.2) is 48.7 Å². The zero-order chi connectivity index (χ0) is 19.7. The van der Waals surface area contributed by atoms with E-state index in [0.29, 0.717) is 40.1 Å². The third kappa shape index (κ3) is 3.50. The molecule has 4 rings (SSSR count). The molecule has 1 aliphatic rings. The van der Waals surface area contributed by atoms with Crippen LogP contribution in [0.4, 0.5) is 4.39 Å². The van der Waals surface area contributed by atoms with E-state index in [9.17, 15) is 9.59 Å². The van der Waals surface area contributed by atoms with Crippen molar-refractivity contribution in [2.24, 2.45) is 5.92 Å². The maximum Gasteiger partial charge on any atom is 0.253 e. The Labute approximate surface area is 162 Å². The topological polar surface area (TPSA) is 74.0 Å². The van der Waals surface area contributed by atoms with Crippen molar-refractivity contribution in [2.45, 2.75) is 19.0 Å². The fraction of sp³-hybridized carbons (Fsp3) is 0.273. The van der Waals surface area contributed by atoms with E-state index < -0.39 is 6.17 Å². The minimum Gasteiger partial charge on any atom is -0.360 e. The highest BCUT2D eigenvalue weighted by molar-refractivity contribution is 6.08. The summed E-state index contributed by atoms with van der Waals surface area (Å²) in [4.78, 5) is 27.4. The molecule has 5 nitrogen and oxygen atoms in total. The molecule has 1 saturated carbocycles. The normalized spacial score (nSPS) is 14.6. The third-order valence-electron chi connectivity index (χ3n) is 5.20. The number of nitrogens with one attached hydrogen (secondary N) is 3. The molecule has 0 aliphatic heterocycles. The van der Waals surface area contributed by atoms with Gasteiger partial charge < -0.3 is 15.6 Å². The van der Waals surface area contributed by atoms with Gasteiger partial charge in [-0.3, -0.25) is 9.59 Å². The maximum atomic E-state index is 15.4. The van der Waals surface area contributed by atoms with Gasteiger partial charge >= 0.3 is 0 Å². The first-order valence-electron chi connectivity index (χ1n) is 9.42. The minimum absolute atomic E-state index is 0.187. The highest BCUT2D eigenvalue weighted by atomic mass is 19.1. The van der Waals surface area contributed by atoms with Gasteiger partial charge in [0, 0.05) is 41.8 Å². The number of rotatable bonds is 6. The van der Waals surface area contributed by atoms with Crippen LogP contribution in [0.1, 0.15) is 50.9 Å². The molecule has 3 aromatic rings. The Balaban J connectivity index is 1.66. The van der Waals surface area contributed by atoms with E-state index >= 15 is 4.39 Å². The number of carbonyl (C=O) groups is 2. The van der Waals surface area contributed by atoms with E-state index in [0.717, 1.165) is 18.4 Å². The average Bonchev–Trinajstić information content (AvgIpc) is 3.47. The lowest BCUT2D eigenvalue weighted by Gasteiger charge is -2.13. The largest absolute Gasteiger partial charge is 0.360 e. The molecule has 3 N–H and O–H groups in total. The molecule has 0 saturated heterocycles. The van der Waals surface area contributed by atoms with E-state index in [2.05, 4.69) is 15.6 Å². The second-order valence-electron chi connectivity index (χ2n) is 7.19. The van der Waals surface area contributed by atoms with Gasteiger partial charge in [0.15, 0.2) is 6.17 Å².